The van der Waals surface area contributed by atoms with Gasteiger partial charge in [-0.05, 0) is 77.5 Å². The number of carbonyl (C=O) groups is 1. The molecule has 3 fully saturated rings. The molecule has 4 nitrogen and oxygen atoms in total. The van der Waals surface area contributed by atoms with E-state index < -0.39 is 0 Å². The molecule has 2 aliphatic heterocycles. The molecule has 126 valence electrons. The highest BCUT2D eigenvalue weighted by atomic mass is 16.2. The summed E-state index contributed by atoms with van der Waals surface area (Å²) in [7, 11) is 2.21. The Kier molecular flexibility index (Phi) is 5.40. The topological polar surface area (TPSA) is 35.6 Å². The van der Waals surface area contributed by atoms with Gasteiger partial charge in [-0.15, -0.1) is 0 Å². The molecule has 3 aliphatic rings. The van der Waals surface area contributed by atoms with Gasteiger partial charge in [0, 0.05) is 13.1 Å². The number of hydrogen-bond donors (Lipinski definition) is 1. The number of likely N-dealkylation sites (tertiary alicyclic amines) is 2. The van der Waals surface area contributed by atoms with E-state index in [0.717, 1.165) is 44.8 Å². The fourth-order valence-corrected chi connectivity index (χ4v) is 4.86. The van der Waals surface area contributed by atoms with Crippen LogP contribution in [0.5, 0.6) is 0 Å². The van der Waals surface area contributed by atoms with E-state index in [1.807, 2.05) is 0 Å². The monoisotopic (exact) mass is 307 g/mol. The third-order valence-electron chi connectivity index (χ3n) is 6.12. The minimum atomic E-state index is -0.153. The van der Waals surface area contributed by atoms with Gasteiger partial charge in [-0.2, -0.15) is 0 Å². The van der Waals surface area contributed by atoms with Crippen LogP contribution in [0.15, 0.2) is 0 Å². The summed E-state index contributed by atoms with van der Waals surface area (Å²) in [6.45, 7) is 5.56. The molecular formula is C18H33N3O. The molecule has 1 amide bonds. The molecule has 3 rings (SSSR count). The first-order valence-corrected chi connectivity index (χ1v) is 9.43. The van der Waals surface area contributed by atoms with Crippen LogP contribution in [0, 0.1) is 5.92 Å². The molecular weight excluding hydrogens is 274 g/mol. The summed E-state index contributed by atoms with van der Waals surface area (Å²) in [4.78, 5) is 17.8. The Bertz CT molecular complexity index is 373. The number of piperidine rings is 1. The molecule has 0 bridgehead atoms. The van der Waals surface area contributed by atoms with Crippen molar-refractivity contribution in [1.29, 1.82) is 0 Å². The van der Waals surface area contributed by atoms with Gasteiger partial charge in [0.1, 0.15) is 5.54 Å². The number of nitrogens with zero attached hydrogens (tertiary/aromatic N) is 2. The van der Waals surface area contributed by atoms with Crippen molar-refractivity contribution in [1.82, 2.24) is 15.1 Å². The zero-order chi connectivity index (χ0) is 15.4. The van der Waals surface area contributed by atoms with Gasteiger partial charge in [0.05, 0.1) is 0 Å². The molecule has 2 saturated heterocycles. The van der Waals surface area contributed by atoms with Crippen molar-refractivity contribution in [3.8, 4) is 0 Å². The standard InChI is InChI=1S/C18H33N3O/c1-20-12-6-7-16(15-20)8-11-19-17(22)18(9-2-3-10-18)21-13-4-5-14-21/h16H,2-15H2,1H3,(H,19,22). The lowest BCUT2D eigenvalue weighted by Crippen LogP contribution is -2.56. The van der Waals surface area contributed by atoms with E-state index in [-0.39, 0.29) is 5.54 Å². The molecule has 1 atom stereocenters. The lowest BCUT2D eigenvalue weighted by molar-refractivity contribution is -0.132. The fourth-order valence-electron chi connectivity index (χ4n) is 4.86. The highest BCUT2D eigenvalue weighted by Crippen LogP contribution is 2.37. The van der Waals surface area contributed by atoms with Crippen LogP contribution in [-0.4, -0.2) is 61.0 Å². The molecule has 1 aliphatic carbocycles. The van der Waals surface area contributed by atoms with E-state index in [0.29, 0.717) is 5.91 Å². The van der Waals surface area contributed by atoms with Crippen molar-refractivity contribution < 1.29 is 4.79 Å². The first-order chi connectivity index (χ1) is 10.7. The number of rotatable bonds is 5. The van der Waals surface area contributed by atoms with Crippen LogP contribution in [0.3, 0.4) is 0 Å². The van der Waals surface area contributed by atoms with Crippen LogP contribution >= 0.6 is 0 Å². The fraction of sp³-hybridized carbons (Fsp3) is 0.944. The molecule has 0 spiro atoms. The van der Waals surface area contributed by atoms with Gasteiger partial charge in [-0.3, -0.25) is 9.69 Å². The van der Waals surface area contributed by atoms with Crippen LogP contribution in [0.2, 0.25) is 0 Å². The number of hydrogen-bond acceptors (Lipinski definition) is 3. The van der Waals surface area contributed by atoms with Crippen molar-refractivity contribution in [2.75, 3.05) is 39.8 Å². The van der Waals surface area contributed by atoms with Gasteiger partial charge < -0.3 is 10.2 Å². The van der Waals surface area contributed by atoms with Crippen molar-refractivity contribution in [2.24, 2.45) is 5.92 Å². The summed E-state index contributed by atoms with van der Waals surface area (Å²) in [5.74, 6) is 1.10. The Morgan fingerprint density at radius 2 is 1.82 bits per heavy atom. The summed E-state index contributed by atoms with van der Waals surface area (Å²) < 4.78 is 0. The highest BCUT2D eigenvalue weighted by Gasteiger charge is 2.46. The second-order valence-corrected chi connectivity index (χ2v) is 7.75. The molecule has 0 radical (unpaired) electrons. The first kappa shape index (κ1) is 16.3. The third kappa shape index (κ3) is 3.48. The molecule has 1 N–H and O–H groups in total. The number of amides is 1. The molecule has 0 aromatic carbocycles. The predicted molar refractivity (Wildman–Crippen MR) is 89.9 cm³/mol. The zero-order valence-corrected chi connectivity index (χ0v) is 14.3. The van der Waals surface area contributed by atoms with Crippen LogP contribution < -0.4 is 5.32 Å². The summed E-state index contributed by atoms with van der Waals surface area (Å²) in [5.41, 5.74) is -0.153. The maximum atomic E-state index is 12.9. The number of nitrogens with one attached hydrogen (secondary N) is 1. The molecule has 2 heterocycles. The van der Waals surface area contributed by atoms with Gasteiger partial charge in [0.15, 0.2) is 0 Å². The summed E-state index contributed by atoms with van der Waals surface area (Å²) in [6.07, 6.45) is 10.9. The van der Waals surface area contributed by atoms with E-state index in [2.05, 4.69) is 22.2 Å². The molecule has 1 unspecified atom stereocenters. The van der Waals surface area contributed by atoms with Crippen LogP contribution in [-0.2, 0) is 4.79 Å². The van der Waals surface area contributed by atoms with E-state index in [1.54, 1.807) is 0 Å². The molecule has 0 aromatic rings. The molecule has 1 saturated carbocycles. The highest BCUT2D eigenvalue weighted by molar-refractivity contribution is 5.86. The first-order valence-electron chi connectivity index (χ1n) is 9.43. The van der Waals surface area contributed by atoms with Crippen molar-refractivity contribution in [3.63, 3.8) is 0 Å². The van der Waals surface area contributed by atoms with Crippen LogP contribution in [0.1, 0.15) is 57.8 Å². The van der Waals surface area contributed by atoms with Gasteiger partial charge >= 0.3 is 0 Å². The summed E-state index contributed by atoms with van der Waals surface area (Å²) >= 11 is 0. The quantitative estimate of drug-likeness (QED) is 0.846. The normalized spacial score (nSPS) is 29.8. The Balaban J connectivity index is 1.49. The van der Waals surface area contributed by atoms with E-state index in [4.69, 9.17) is 0 Å². The van der Waals surface area contributed by atoms with Crippen LogP contribution in [0.25, 0.3) is 0 Å². The van der Waals surface area contributed by atoms with Crippen molar-refractivity contribution in [2.45, 2.75) is 63.3 Å². The van der Waals surface area contributed by atoms with E-state index in [1.165, 1.54) is 51.6 Å². The Morgan fingerprint density at radius 3 is 2.50 bits per heavy atom. The predicted octanol–water partition coefficient (Wildman–Crippen LogP) is 2.24. The molecule has 4 heteroatoms. The van der Waals surface area contributed by atoms with E-state index in [9.17, 15) is 4.79 Å². The van der Waals surface area contributed by atoms with Gasteiger partial charge in [0.2, 0.25) is 5.91 Å². The van der Waals surface area contributed by atoms with Gasteiger partial charge in [-0.25, -0.2) is 0 Å². The van der Waals surface area contributed by atoms with Crippen LogP contribution in [0.4, 0.5) is 0 Å². The largest absolute Gasteiger partial charge is 0.354 e. The minimum Gasteiger partial charge on any atom is -0.354 e. The molecule has 22 heavy (non-hydrogen) atoms. The smallest absolute Gasteiger partial charge is 0.240 e. The lowest BCUT2D eigenvalue weighted by Gasteiger charge is -2.37. The van der Waals surface area contributed by atoms with Gasteiger partial charge in [0.25, 0.3) is 0 Å². The Morgan fingerprint density at radius 1 is 1.09 bits per heavy atom. The Labute approximate surface area is 135 Å². The van der Waals surface area contributed by atoms with Crippen molar-refractivity contribution in [3.05, 3.63) is 0 Å². The molecule has 0 aromatic heterocycles. The summed E-state index contributed by atoms with van der Waals surface area (Å²) in [5, 5.41) is 3.31. The summed E-state index contributed by atoms with van der Waals surface area (Å²) in [6, 6.07) is 0. The lowest BCUT2D eigenvalue weighted by atomic mass is 9.93. The zero-order valence-electron chi connectivity index (χ0n) is 14.3. The maximum Gasteiger partial charge on any atom is 0.240 e. The van der Waals surface area contributed by atoms with E-state index >= 15 is 0 Å². The average Bonchev–Trinajstić information content (AvgIpc) is 3.19. The minimum absolute atomic E-state index is 0.153. The SMILES string of the molecule is CN1CCCC(CCNC(=O)C2(N3CCCC3)CCCC2)C1. The van der Waals surface area contributed by atoms with Crippen molar-refractivity contribution >= 4 is 5.91 Å². The second-order valence-electron chi connectivity index (χ2n) is 7.75. The second kappa shape index (κ2) is 7.31. The number of carbonyl (C=O) groups excluding carboxylic acids is 1. The Hall–Kier alpha value is -0.610. The maximum absolute atomic E-state index is 12.9. The third-order valence-corrected chi connectivity index (χ3v) is 6.12. The average molecular weight is 307 g/mol. The van der Waals surface area contributed by atoms with Gasteiger partial charge in [-0.1, -0.05) is 12.8 Å².